The van der Waals surface area contributed by atoms with Gasteiger partial charge in [0.05, 0.1) is 11.1 Å². The lowest BCUT2D eigenvalue weighted by Gasteiger charge is -2.13. The van der Waals surface area contributed by atoms with E-state index in [0.717, 1.165) is 9.92 Å². The lowest BCUT2D eigenvalue weighted by molar-refractivity contribution is 0.196. The molecule has 2 rings (SSSR count). The number of aliphatic hydroxyl groups excluding tert-OH is 1. The molecule has 0 saturated carbocycles. The molecule has 0 aliphatic heterocycles. The molecule has 5 heteroatoms. The number of aryl methyl sites for hydroxylation is 1. The van der Waals surface area contributed by atoms with Crippen molar-refractivity contribution in [1.29, 1.82) is 0 Å². The average molecular weight is 298 g/mol. The van der Waals surface area contributed by atoms with E-state index in [0.29, 0.717) is 16.1 Å². The molecule has 0 fully saturated rings. The fraction of sp³-hybridized carbons (Fsp3) is 0.214. The van der Waals surface area contributed by atoms with Crippen LogP contribution in [0.2, 0.25) is 5.02 Å². The number of aliphatic hydroxyl groups is 1. The third-order valence-electron chi connectivity index (χ3n) is 2.66. The molecule has 1 aromatic carbocycles. The molecular weight excluding hydrogens is 285 g/mol. The van der Waals surface area contributed by atoms with Gasteiger partial charge in [0, 0.05) is 11.1 Å². The van der Waals surface area contributed by atoms with Gasteiger partial charge in [0.2, 0.25) is 0 Å². The van der Waals surface area contributed by atoms with Crippen LogP contribution in [0.15, 0.2) is 40.4 Å². The molecule has 0 aliphatic carbocycles. The van der Waals surface area contributed by atoms with Crippen LogP contribution >= 0.6 is 23.4 Å². The van der Waals surface area contributed by atoms with Gasteiger partial charge in [-0.05, 0) is 49.2 Å². The summed E-state index contributed by atoms with van der Waals surface area (Å²) < 4.78 is 13.6. The Morgan fingerprint density at radius 2 is 2.11 bits per heavy atom. The van der Waals surface area contributed by atoms with Crippen molar-refractivity contribution in [2.45, 2.75) is 29.9 Å². The molecule has 0 saturated heterocycles. The van der Waals surface area contributed by atoms with Gasteiger partial charge in [-0.15, -0.1) is 0 Å². The lowest BCUT2D eigenvalue weighted by atomic mass is 10.1. The molecule has 0 bridgehead atoms. The summed E-state index contributed by atoms with van der Waals surface area (Å²) in [5.41, 5.74) is 1.10. The van der Waals surface area contributed by atoms with Crippen molar-refractivity contribution in [3.05, 3.63) is 52.4 Å². The maximum atomic E-state index is 13.6. The maximum absolute atomic E-state index is 13.6. The fourth-order valence-electron chi connectivity index (χ4n) is 1.62. The normalized spacial score (nSPS) is 12.5. The number of halogens is 2. The van der Waals surface area contributed by atoms with E-state index in [4.69, 9.17) is 11.6 Å². The standard InChI is InChI=1S/C14H13ClFNOS/c1-8-5-13(11(9(2)18)6-12(8)16)19-14-4-3-10(15)7-17-14/h3-7,9,18H,1-2H3. The van der Waals surface area contributed by atoms with Crippen molar-refractivity contribution in [3.8, 4) is 0 Å². The highest BCUT2D eigenvalue weighted by Gasteiger charge is 2.13. The van der Waals surface area contributed by atoms with Gasteiger partial charge in [0.1, 0.15) is 10.8 Å². The van der Waals surface area contributed by atoms with Gasteiger partial charge in [-0.3, -0.25) is 0 Å². The van der Waals surface area contributed by atoms with Crippen LogP contribution in [0, 0.1) is 12.7 Å². The highest BCUT2D eigenvalue weighted by Crippen LogP contribution is 2.34. The third kappa shape index (κ3) is 3.47. The number of rotatable bonds is 3. The summed E-state index contributed by atoms with van der Waals surface area (Å²) in [5, 5.41) is 11.0. The highest BCUT2D eigenvalue weighted by molar-refractivity contribution is 7.99. The van der Waals surface area contributed by atoms with Gasteiger partial charge in [0.25, 0.3) is 0 Å². The van der Waals surface area contributed by atoms with Crippen molar-refractivity contribution < 1.29 is 9.50 Å². The monoisotopic (exact) mass is 297 g/mol. The summed E-state index contributed by atoms with van der Waals surface area (Å²) in [6.07, 6.45) is 0.826. The first-order valence-electron chi connectivity index (χ1n) is 5.75. The Morgan fingerprint density at radius 3 is 2.68 bits per heavy atom. The molecule has 2 nitrogen and oxygen atoms in total. The van der Waals surface area contributed by atoms with Crippen LogP contribution in [0.1, 0.15) is 24.2 Å². The number of hydrogen-bond donors (Lipinski definition) is 1. The van der Waals surface area contributed by atoms with Crippen LogP contribution in [0.3, 0.4) is 0 Å². The van der Waals surface area contributed by atoms with Crippen molar-refractivity contribution in [2.75, 3.05) is 0 Å². The molecular formula is C14H13ClFNOS. The van der Waals surface area contributed by atoms with Gasteiger partial charge >= 0.3 is 0 Å². The van der Waals surface area contributed by atoms with Crippen LogP contribution in [-0.4, -0.2) is 10.1 Å². The van der Waals surface area contributed by atoms with Crippen LogP contribution in [-0.2, 0) is 0 Å². The molecule has 0 aliphatic rings. The Morgan fingerprint density at radius 1 is 1.37 bits per heavy atom. The fourth-order valence-corrected chi connectivity index (χ4v) is 2.78. The van der Waals surface area contributed by atoms with E-state index in [1.807, 2.05) is 0 Å². The van der Waals surface area contributed by atoms with Gasteiger partial charge in [-0.1, -0.05) is 23.4 Å². The Bertz CT molecular complexity index is 587. The molecule has 1 N–H and O–H groups in total. The number of nitrogens with zero attached hydrogens (tertiary/aromatic N) is 1. The van der Waals surface area contributed by atoms with Gasteiger partial charge in [-0.2, -0.15) is 0 Å². The summed E-state index contributed by atoms with van der Waals surface area (Å²) in [6, 6.07) is 6.63. The largest absolute Gasteiger partial charge is 0.389 e. The highest BCUT2D eigenvalue weighted by atomic mass is 35.5. The predicted octanol–water partition coefficient (Wildman–Crippen LogP) is 4.39. The molecule has 2 aromatic rings. The zero-order valence-electron chi connectivity index (χ0n) is 10.5. The number of hydrogen-bond acceptors (Lipinski definition) is 3. The second-order valence-corrected chi connectivity index (χ2v) is 5.73. The van der Waals surface area contributed by atoms with Crippen molar-refractivity contribution in [3.63, 3.8) is 0 Å². The molecule has 1 heterocycles. The number of benzene rings is 1. The van der Waals surface area contributed by atoms with E-state index in [1.165, 1.54) is 17.8 Å². The van der Waals surface area contributed by atoms with Crippen molar-refractivity contribution >= 4 is 23.4 Å². The minimum Gasteiger partial charge on any atom is -0.389 e. The van der Waals surface area contributed by atoms with E-state index in [9.17, 15) is 9.50 Å². The molecule has 0 radical (unpaired) electrons. The average Bonchev–Trinajstić information content (AvgIpc) is 2.36. The van der Waals surface area contributed by atoms with Crippen LogP contribution in [0.25, 0.3) is 0 Å². The molecule has 19 heavy (non-hydrogen) atoms. The topological polar surface area (TPSA) is 33.1 Å². The molecule has 1 unspecified atom stereocenters. The lowest BCUT2D eigenvalue weighted by Crippen LogP contribution is -1.97. The minimum atomic E-state index is -0.732. The zero-order chi connectivity index (χ0) is 14.0. The summed E-state index contributed by atoms with van der Waals surface area (Å²) in [5.74, 6) is -0.315. The first kappa shape index (κ1) is 14.3. The van der Waals surface area contributed by atoms with Gasteiger partial charge in [0.15, 0.2) is 0 Å². The number of aromatic nitrogens is 1. The van der Waals surface area contributed by atoms with E-state index < -0.39 is 6.10 Å². The van der Waals surface area contributed by atoms with Crippen molar-refractivity contribution in [2.24, 2.45) is 0 Å². The second kappa shape index (κ2) is 5.90. The Hall–Kier alpha value is -1.10. The molecule has 0 amide bonds. The second-order valence-electron chi connectivity index (χ2n) is 4.23. The van der Waals surface area contributed by atoms with Crippen LogP contribution in [0.5, 0.6) is 0 Å². The molecule has 0 spiro atoms. The van der Waals surface area contributed by atoms with Gasteiger partial charge in [-0.25, -0.2) is 9.37 Å². The van der Waals surface area contributed by atoms with Crippen LogP contribution in [0.4, 0.5) is 4.39 Å². The predicted molar refractivity (Wildman–Crippen MR) is 75.1 cm³/mol. The van der Waals surface area contributed by atoms with E-state index in [-0.39, 0.29) is 5.82 Å². The molecule has 1 aromatic heterocycles. The number of pyridine rings is 1. The van der Waals surface area contributed by atoms with Crippen molar-refractivity contribution in [1.82, 2.24) is 4.98 Å². The maximum Gasteiger partial charge on any atom is 0.126 e. The summed E-state index contributed by atoms with van der Waals surface area (Å²) >= 11 is 7.16. The summed E-state index contributed by atoms with van der Waals surface area (Å²) in [6.45, 7) is 3.31. The quantitative estimate of drug-likeness (QED) is 0.912. The minimum absolute atomic E-state index is 0.315. The first-order valence-corrected chi connectivity index (χ1v) is 6.94. The first-order chi connectivity index (χ1) is 8.97. The zero-order valence-corrected chi connectivity index (χ0v) is 12.1. The SMILES string of the molecule is Cc1cc(Sc2ccc(Cl)cn2)c(C(C)O)cc1F. The van der Waals surface area contributed by atoms with Crippen LogP contribution < -0.4 is 0 Å². The van der Waals surface area contributed by atoms with Gasteiger partial charge < -0.3 is 5.11 Å². The Labute approximate surface area is 120 Å². The molecule has 100 valence electrons. The van der Waals surface area contributed by atoms with E-state index >= 15 is 0 Å². The van der Waals surface area contributed by atoms with E-state index in [2.05, 4.69) is 4.98 Å². The van der Waals surface area contributed by atoms with E-state index in [1.54, 1.807) is 38.2 Å². The third-order valence-corrected chi connectivity index (χ3v) is 3.90. The Balaban J connectivity index is 2.38. The Kier molecular flexibility index (Phi) is 4.45. The molecule has 1 atom stereocenters. The summed E-state index contributed by atoms with van der Waals surface area (Å²) in [7, 11) is 0. The smallest absolute Gasteiger partial charge is 0.126 e. The summed E-state index contributed by atoms with van der Waals surface area (Å²) in [4.78, 5) is 4.98.